The van der Waals surface area contributed by atoms with Gasteiger partial charge in [-0.15, -0.1) is 0 Å². The van der Waals surface area contributed by atoms with E-state index < -0.39 is 5.69 Å². The number of imidazole rings is 2. The van der Waals surface area contributed by atoms with Gasteiger partial charge in [0.1, 0.15) is 5.82 Å². The highest BCUT2D eigenvalue weighted by atomic mass is 32.2. The van der Waals surface area contributed by atoms with Crippen LogP contribution in [0.25, 0.3) is 11.2 Å². The standard InChI is InChI=1S/C16H22N6O2S/c1-4-6-8-22-13-12(14(23)19-15(22)24)21(5-2)11(18-13)10-25-16-17-7-9-20(16)3/h7,9H,4-6,8,10H2,1-3H3,(H,19,23,24). The van der Waals surface area contributed by atoms with Crippen molar-refractivity contribution in [3.63, 3.8) is 0 Å². The summed E-state index contributed by atoms with van der Waals surface area (Å²) in [5.74, 6) is 1.35. The first-order valence-corrected chi connectivity index (χ1v) is 9.37. The van der Waals surface area contributed by atoms with Gasteiger partial charge in [-0.2, -0.15) is 0 Å². The number of nitrogens with zero attached hydrogens (tertiary/aromatic N) is 5. The van der Waals surface area contributed by atoms with Gasteiger partial charge in [0.15, 0.2) is 16.3 Å². The molecule has 3 rings (SSSR count). The summed E-state index contributed by atoms with van der Waals surface area (Å²) >= 11 is 1.55. The van der Waals surface area contributed by atoms with Crippen LogP contribution in [-0.4, -0.2) is 28.7 Å². The third-order valence-electron chi connectivity index (χ3n) is 4.12. The Morgan fingerprint density at radius 3 is 2.68 bits per heavy atom. The Morgan fingerprint density at radius 1 is 1.24 bits per heavy atom. The van der Waals surface area contributed by atoms with Crippen molar-refractivity contribution in [1.29, 1.82) is 0 Å². The van der Waals surface area contributed by atoms with E-state index in [1.165, 1.54) is 0 Å². The fourth-order valence-electron chi connectivity index (χ4n) is 2.81. The molecule has 9 heteroatoms. The predicted octanol–water partition coefficient (Wildman–Crippen LogP) is 1.73. The van der Waals surface area contributed by atoms with Crippen LogP contribution in [0.4, 0.5) is 0 Å². The first-order chi connectivity index (χ1) is 12.1. The third kappa shape index (κ3) is 3.28. The first kappa shape index (κ1) is 17.5. The van der Waals surface area contributed by atoms with Crippen LogP contribution in [0, 0.1) is 0 Å². The van der Waals surface area contributed by atoms with Crippen LogP contribution in [0.15, 0.2) is 27.1 Å². The van der Waals surface area contributed by atoms with Gasteiger partial charge in [-0.1, -0.05) is 25.1 Å². The molecule has 0 radical (unpaired) electrons. The lowest BCUT2D eigenvalue weighted by Gasteiger charge is -2.06. The quantitative estimate of drug-likeness (QED) is 0.647. The normalized spacial score (nSPS) is 11.5. The summed E-state index contributed by atoms with van der Waals surface area (Å²) < 4.78 is 5.39. The van der Waals surface area contributed by atoms with Crippen molar-refractivity contribution in [2.75, 3.05) is 0 Å². The average Bonchev–Trinajstić information content (AvgIpc) is 3.16. The second-order valence-electron chi connectivity index (χ2n) is 5.82. The van der Waals surface area contributed by atoms with Crippen LogP contribution in [0.2, 0.25) is 0 Å². The van der Waals surface area contributed by atoms with E-state index >= 15 is 0 Å². The summed E-state index contributed by atoms with van der Waals surface area (Å²) in [4.78, 5) is 35.9. The Bertz CT molecular complexity index is 996. The lowest BCUT2D eigenvalue weighted by Crippen LogP contribution is -2.31. The highest BCUT2D eigenvalue weighted by molar-refractivity contribution is 7.98. The number of nitrogens with one attached hydrogen (secondary N) is 1. The minimum atomic E-state index is -0.394. The second-order valence-corrected chi connectivity index (χ2v) is 6.76. The summed E-state index contributed by atoms with van der Waals surface area (Å²) in [6, 6.07) is 0. The van der Waals surface area contributed by atoms with Gasteiger partial charge in [0.25, 0.3) is 5.56 Å². The summed E-state index contributed by atoms with van der Waals surface area (Å²) in [5.41, 5.74) is 0.165. The summed E-state index contributed by atoms with van der Waals surface area (Å²) in [5, 5.41) is 0.881. The molecule has 8 nitrogen and oxygen atoms in total. The molecule has 0 saturated heterocycles. The molecule has 0 spiro atoms. The van der Waals surface area contributed by atoms with Gasteiger partial charge in [0.05, 0.1) is 5.75 Å². The van der Waals surface area contributed by atoms with Crippen LogP contribution < -0.4 is 11.2 Å². The molecule has 0 unspecified atom stereocenters. The topological polar surface area (TPSA) is 90.5 Å². The lowest BCUT2D eigenvalue weighted by molar-refractivity contribution is 0.613. The van der Waals surface area contributed by atoms with Crippen LogP contribution in [0.3, 0.4) is 0 Å². The first-order valence-electron chi connectivity index (χ1n) is 8.39. The van der Waals surface area contributed by atoms with Crippen LogP contribution in [0.5, 0.6) is 0 Å². The number of fused-ring (bicyclic) bond motifs is 1. The molecule has 3 heterocycles. The maximum Gasteiger partial charge on any atom is 0.330 e. The number of H-pyrrole nitrogens is 1. The molecule has 0 aliphatic heterocycles. The molecule has 134 valence electrons. The molecule has 0 bridgehead atoms. The van der Waals surface area contributed by atoms with Crippen LogP contribution >= 0.6 is 11.8 Å². The van der Waals surface area contributed by atoms with Crippen molar-refractivity contribution in [2.24, 2.45) is 7.05 Å². The fraction of sp³-hybridized carbons (Fsp3) is 0.500. The molecule has 0 amide bonds. The van der Waals surface area contributed by atoms with Crippen LogP contribution in [0.1, 0.15) is 32.5 Å². The fourth-order valence-corrected chi connectivity index (χ4v) is 3.69. The molecule has 0 aliphatic carbocycles. The molecule has 0 fully saturated rings. The zero-order valence-corrected chi connectivity index (χ0v) is 15.5. The number of thioether (sulfide) groups is 1. The van der Waals surface area contributed by atoms with Crippen molar-refractivity contribution in [2.45, 2.75) is 50.7 Å². The summed E-state index contributed by atoms with van der Waals surface area (Å²) in [7, 11) is 1.94. The summed E-state index contributed by atoms with van der Waals surface area (Å²) in [6.07, 6.45) is 5.46. The highest BCUT2D eigenvalue weighted by Crippen LogP contribution is 2.22. The maximum absolute atomic E-state index is 12.4. The monoisotopic (exact) mass is 362 g/mol. The van der Waals surface area contributed by atoms with Crippen molar-refractivity contribution >= 4 is 22.9 Å². The number of rotatable bonds is 7. The van der Waals surface area contributed by atoms with Crippen LogP contribution in [-0.2, 0) is 25.9 Å². The van der Waals surface area contributed by atoms with E-state index in [2.05, 4.69) is 21.9 Å². The predicted molar refractivity (Wildman–Crippen MR) is 98.0 cm³/mol. The average molecular weight is 362 g/mol. The number of aryl methyl sites for hydroxylation is 3. The van der Waals surface area contributed by atoms with E-state index in [4.69, 9.17) is 0 Å². The molecule has 0 aliphatic rings. The van der Waals surface area contributed by atoms with Gasteiger partial charge in [0, 0.05) is 32.5 Å². The van der Waals surface area contributed by atoms with E-state index in [0.717, 1.165) is 23.8 Å². The van der Waals surface area contributed by atoms with Crippen molar-refractivity contribution < 1.29 is 0 Å². The lowest BCUT2D eigenvalue weighted by atomic mass is 10.3. The zero-order chi connectivity index (χ0) is 18.0. The van der Waals surface area contributed by atoms with E-state index in [1.54, 1.807) is 22.5 Å². The van der Waals surface area contributed by atoms with E-state index in [1.807, 2.05) is 29.3 Å². The van der Waals surface area contributed by atoms with E-state index in [0.29, 0.717) is 30.0 Å². The smallest absolute Gasteiger partial charge is 0.329 e. The Morgan fingerprint density at radius 2 is 2.04 bits per heavy atom. The molecule has 0 saturated carbocycles. The minimum absolute atomic E-state index is 0.379. The molecule has 3 aromatic heterocycles. The number of hydrogen-bond donors (Lipinski definition) is 1. The van der Waals surface area contributed by atoms with Gasteiger partial charge >= 0.3 is 5.69 Å². The Labute approximate surface area is 148 Å². The molecular formula is C16H22N6O2S. The summed E-state index contributed by atoms with van der Waals surface area (Å²) in [6.45, 7) is 5.20. The molecule has 0 aromatic carbocycles. The van der Waals surface area contributed by atoms with Gasteiger partial charge in [0.2, 0.25) is 0 Å². The molecular weight excluding hydrogens is 340 g/mol. The maximum atomic E-state index is 12.4. The highest BCUT2D eigenvalue weighted by Gasteiger charge is 2.18. The third-order valence-corrected chi connectivity index (χ3v) is 5.18. The van der Waals surface area contributed by atoms with E-state index in [9.17, 15) is 9.59 Å². The van der Waals surface area contributed by atoms with Gasteiger partial charge in [-0.05, 0) is 13.3 Å². The molecule has 1 N–H and O–H groups in total. The minimum Gasteiger partial charge on any atom is -0.329 e. The number of hydrogen-bond acceptors (Lipinski definition) is 5. The molecule has 3 aromatic rings. The molecule has 0 atom stereocenters. The van der Waals surface area contributed by atoms with Gasteiger partial charge in [-0.3, -0.25) is 14.3 Å². The Kier molecular flexibility index (Phi) is 5.12. The Balaban J connectivity index is 2.07. The second kappa shape index (κ2) is 7.30. The molecule has 25 heavy (non-hydrogen) atoms. The van der Waals surface area contributed by atoms with Crippen molar-refractivity contribution in [3.05, 3.63) is 39.1 Å². The van der Waals surface area contributed by atoms with Gasteiger partial charge < -0.3 is 9.13 Å². The van der Waals surface area contributed by atoms with Crippen molar-refractivity contribution in [1.82, 2.24) is 28.7 Å². The SMILES string of the molecule is CCCCn1c(=O)[nH]c(=O)c2c1nc(CSc1nccn1C)n2CC. The number of aromatic amines is 1. The number of aromatic nitrogens is 6. The van der Waals surface area contributed by atoms with Gasteiger partial charge in [-0.25, -0.2) is 14.8 Å². The van der Waals surface area contributed by atoms with Crippen molar-refractivity contribution in [3.8, 4) is 0 Å². The zero-order valence-electron chi connectivity index (χ0n) is 14.7. The van der Waals surface area contributed by atoms with E-state index in [-0.39, 0.29) is 5.56 Å². The Hall–Kier alpha value is -2.29. The largest absolute Gasteiger partial charge is 0.330 e. The number of unbranched alkanes of at least 4 members (excludes halogenated alkanes) is 1.